The van der Waals surface area contributed by atoms with Crippen LogP contribution in [0.1, 0.15) is 48.2 Å². The van der Waals surface area contributed by atoms with Gasteiger partial charge in [-0.25, -0.2) is 4.79 Å². The minimum absolute atomic E-state index is 0.239. The minimum atomic E-state index is -4.73. The van der Waals surface area contributed by atoms with Crippen LogP contribution < -0.4 is 5.73 Å². The van der Waals surface area contributed by atoms with Crippen molar-refractivity contribution in [1.82, 2.24) is 20.2 Å². The Kier molecular flexibility index (Phi) is 4.63. The van der Waals surface area contributed by atoms with Crippen LogP contribution in [0.25, 0.3) is 0 Å². The molecule has 1 saturated carbocycles. The van der Waals surface area contributed by atoms with Crippen molar-refractivity contribution < 1.29 is 22.0 Å². The van der Waals surface area contributed by atoms with E-state index < -0.39 is 22.5 Å². The Balaban J connectivity index is 1.40. The van der Waals surface area contributed by atoms with Gasteiger partial charge in [-0.1, -0.05) is 11.3 Å². The van der Waals surface area contributed by atoms with Crippen molar-refractivity contribution in [2.75, 3.05) is 6.54 Å². The number of hydrogen-bond acceptors (Lipinski definition) is 8. The molecule has 3 fully saturated rings. The van der Waals surface area contributed by atoms with Gasteiger partial charge >= 0.3 is 16.4 Å². The predicted molar refractivity (Wildman–Crippen MR) is 91.3 cm³/mol. The van der Waals surface area contributed by atoms with Gasteiger partial charge in [-0.3, -0.25) is 4.55 Å². The van der Waals surface area contributed by atoms with Crippen LogP contribution in [0.2, 0.25) is 0 Å². The fraction of sp³-hybridized carbons (Fsp3) is 0.786. The lowest BCUT2D eigenvalue weighted by atomic mass is 9.78. The fourth-order valence-electron chi connectivity index (χ4n) is 3.94. The number of piperidine rings is 1. The van der Waals surface area contributed by atoms with Gasteiger partial charge in [-0.05, 0) is 38.0 Å². The van der Waals surface area contributed by atoms with Gasteiger partial charge < -0.3 is 10.6 Å². The molecule has 2 saturated heterocycles. The summed E-state index contributed by atoms with van der Waals surface area (Å²) in [4.78, 5) is 14.0. The van der Waals surface area contributed by atoms with Crippen LogP contribution in [0.4, 0.5) is 4.79 Å². The molecule has 1 aliphatic carbocycles. The van der Waals surface area contributed by atoms with Crippen LogP contribution in [-0.2, 0) is 21.1 Å². The molecule has 2 bridgehead atoms. The second kappa shape index (κ2) is 6.68. The molecule has 12 heteroatoms. The molecule has 1 aromatic rings. The molecular weight excluding hydrogens is 382 g/mol. The van der Waals surface area contributed by atoms with E-state index in [1.54, 1.807) is 0 Å². The molecule has 10 nitrogen and oxygen atoms in total. The molecule has 0 unspecified atom stereocenters. The molecule has 4 rings (SSSR count). The topological polar surface area (TPSA) is 139 Å². The maximum absolute atomic E-state index is 12.4. The van der Waals surface area contributed by atoms with E-state index in [1.165, 1.54) is 16.2 Å². The van der Waals surface area contributed by atoms with E-state index in [0.29, 0.717) is 31.3 Å². The third-order valence-corrected chi connectivity index (χ3v) is 6.74. The van der Waals surface area contributed by atoms with E-state index in [-0.39, 0.29) is 6.04 Å². The first-order chi connectivity index (χ1) is 12.3. The van der Waals surface area contributed by atoms with Crippen LogP contribution in [0, 0.1) is 5.92 Å². The third kappa shape index (κ3) is 3.56. The maximum Gasteiger partial charge on any atom is 0.418 e. The van der Waals surface area contributed by atoms with Crippen molar-refractivity contribution in [2.24, 2.45) is 11.7 Å². The number of hydrogen-bond donors (Lipinski definition) is 2. The summed E-state index contributed by atoms with van der Waals surface area (Å²) in [5.41, 5.74) is 5.81. The minimum Gasteiger partial charge on any atom is -0.328 e. The highest BCUT2D eigenvalue weighted by Crippen LogP contribution is 2.40. The van der Waals surface area contributed by atoms with Crippen molar-refractivity contribution in [1.29, 1.82) is 0 Å². The van der Waals surface area contributed by atoms with Gasteiger partial charge in [-0.2, -0.15) is 13.5 Å². The lowest BCUT2D eigenvalue weighted by molar-refractivity contribution is -0.0317. The zero-order chi connectivity index (χ0) is 18.5. The summed E-state index contributed by atoms with van der Waals surface area (Å²) in [6, 6.07) is -0.863. The first-order valence-corrected chi connectivity index (χ1v) is 10.8. The summed E-state index contributed by atoms with van der Waals surface area (Å²) in [6.45, 7) is 0.341. The molecule has 3 aliphatic rings. The number of hydroxylamine groups is 2. The molecule has 2 atom stereocenters. The fourth-order valence-corrected chi connectivity index (χ4v) is 5.34. The van der Waals surface area contributed by atoms with Gasteiger partial charge in [0.1, 0.15) is 10.0 Å². The van der Waals surface area contributed by atoms with Gasteiger partial charge in [0.15, 0.2) is 0 Å². The van der Waals surface area contributed by atoms with Crippen molar-refractivity contribution in [3.63, 3.8) is 0 Å². The second-order valence-corrected chi connectivity index (χ2v) is 9.28. The molecule has 0 aromatic carbocycles. The number of fused-ring (bicyclic) bond motifs is 2. The molecular formula is C14H21N5O5S2. The standard InChI is InChI=1S/C14H21N5O5S2/c15-9-5-8(6-9)1-4-12-16-17-13(25-12)11-3-2-10-7-18(11)14(20)19(10)24-26(21,22)23/h8-11H,1-7,15H2,(H,21,22,23)/t8?,9?,10-,11+/m1/s1. The maximum atomic E-state index is 12.4. The Morgan fingerprint density at radius 2 is 2.08 bits per heavy atom. The summed E-state index contributed by atoms with van der Waals surface area (Å²) in [7, 11) is -4.73. The average Bonchev–Trinajstić information content (AvgIpc) is 3.10. The molecule has 1 aromatic heterocycles. The Bertz CT molecular complexity index is 793. The van der Waals surface area contributed by atoms with Crippen molar-refractivity contribution in [3.8, 4) is 0 Å². The highest BCUT2D eigenvalue weighted by Gasteiger charge is 2.48. The predicted octanol–water partition coefficient (Wildman–Crippen LogP) is 0.883. The molecule has 0 spiro atoms. The van der Waals surface area contributed by atoms with E-state index in [2.05, 4.69) is 14.5 Å². The van der Waals surface area contributed by atoms with E-state index >= 15 is 0 Å². The number of nitrogens with two attached hydrogens (primary N) is 1. The van der Waals surface area contributed by atoms with Crippen LogP contribution in [0.15, 0.2) is 0 Å². The van der Waals surface area contributed by atoms with Gasteiger partial charge in [0, 0.05) is 19.0 Å². The molecule has 0 radical (unpaired) electrons. The zero-order valence-electron chi connectivity index (χ0n) is 14.0. The summed E-state index contributed by atoms with van der Waals surface area (Å²) in [5.74, 6) is 0.666. The number of urea groups is 1. The Labute approximate surface area is 155 Å². The van der Waals surface area contributed by atoms with Gasteiger partial charge in [0.25, 0.3) is 0 Å². The SMILES string of the molecule is NC1CC(CCc2nnc([C@@H]3CC[C@@H]4CN3C(=O)N4OS(=O)(=O)O)s2)C1. The van der Waals surface area contributed by atoms with E-state index in [0.717, 1.165) is 40.8 Å². The number of carbonyl (C=O) groups is 1. The normalized spacial score (nSPS) is 31.4. The van der Waals surface area contributed by atoms with E-state index in [9.17, 15) is 13.2 Å². The Hall–Kier alpha value is -1.34. The number of rotatable bonds is 6. The number of aromatic nitrogens is 2. The average molecular weight is 403 g/mol. The van der Waals surface area contributed by atoms with Crippen LogP contribution in [0.5, 0.6) is 0 Å². The van der Waals surface area contributed by atoms with E-state index in [1.807, 2.05) is 0 Å². The molecule has 2 amide bonds. The Morgan fingerprint density at radius 3 is 2.77 bits per heavy atom. The molecule has 144 valence electrons. The van der Waals surface area contributed by atoms with Crippen molar-refractivity contribution in [2.45, 2.75) is 56.7 Å². The summed E-state index contributed by atoms with van der Waals surface area (Å²) < 4.78 is 35.2. The van der Waals surface area contributed by atoms with Crippen LogP contribution in [-0.4, -0.2) is 57.8 Å². The molecule has 26 heavy (non-hydrogen) atoms. The lowest BCUT2D eigenvalue weighted by Crippen LogP contribution is -2.36. The number of nitrogens with zero attached hydrogens (tertiary/aromatic N) is 4. The smallest absolute Gasteiger partial charge is 0.328 e. The summed E-state index contributed by atoms with van der Waals surface area (Å²) in [6.07, 6.45) is 5.26. The third-order valence-electron chi connectivity index (χ3n) is 5.30. The number of amides is 2. The van der Waals surface area contributed by atoms with Gasteiger partial charge in [0.05, 0.1) is 12.1 Å². The van der Waals surface area contributed by atoms with Crippen LogP contribution >= 0.6 is 11.3 Å². The van der Waals surface area contributed by atoms with Gasteiger partial charge in [0.2, 0.25) is 0 Å². The van der Waals surface area contributed by atoms with Crippen LogP contribution in [0.3, 0.4) is 0 Å². The summed E-state index contributed by atoms with van der Waals surface area (Å²) in [5, 5.41) is 10.9. The highest BCUT2D eigenvalue weighted by molar-refractivity contribution is 7.80. The molecule has 2 aliphatic heterocycles. The monoisotopic (exact) mass is 403 g/mol. The van der Waals surface area contributed by atoms with Gasteiger partial charge in [-0.15, -0.1) is 14.5 Å². The van der Waals surface area contributed by atoms with E-state index in [4.69, 9.17) is 10.3 Å². The van der Waals surface area contributed by atoms with Crippen molar-refractivity contribution >= 4 is 27.8 Å². The quantitative estimate of drug-likeness (QED) is 0.668. The first-order valence-electron chi connectivity index (χ1n) is 8.65. The highest BCUT2D eigenvalue weighted by atomic mass is 32.3. The largest absolute Gasteiger partial charge is 0.418 e. The second-order valence-electron chi connectivity index (χ2n) is 7.18. The molecule has 3 heterocycles. The first kappa shape index (κ1) is 18.0. The summed E-state index contributed by atoms with van der Waals surface area (Å²) >= 11 is 1.50. The zero-order valence-corrected chi connectivity index (χ0v) is 15.7. The number of aryl methyl sites for hydroxylation is 1. The molecule has 3 N–H and O–H groups in total. The van der Waals surface area contributed by atoms with Crippen molar-refractivity contribution in [3.05, 3.63) is 10.0 Å². The Morgan fingerprint density at radius 1 is 1.31 bits per heavy atom. The lowest BCUT2D eigenvalue weighted by Gasteiger charge is -2.32. The number of carbonyl (C=O) groups excluding carboxylic acids is 1.